The fraction of sp³-hybridized carbons (Fsp3) is 0.400. The quantitative estimate of drug-likeness (QED) is 0.858. The highest BCUT2D eigenvalue weighted by atomic mass is 16.5. The number of benzene rings is 1. The Labute approximate surface area is 113 Å². The van der Waals surface area contributed by atoms with Gasteiger partial charge in [0.1, 0.15) is 0 Å². The minimum atomic E-state index is 0.342. The van der Waals surface area contributed by atoms with Gasteiger partial charge in [0.05, 0.1) is 6.10 Å². The topological polar surface area (TPSA) is 51.4 Å². The van der Waals surface area contributed by atoms with Gasteiger partial charge in [-0.05, 0) is 31.0 Å². The summed E-state index contributed by atoms with van der Waals surface area (Å²) in [5, 5.41) is 2.16. The Balaban J connectivity index is 1.93. The van der Waals surface area contributed by atoms with E-state index in [0.29, 0.717) is 6.10 Å². The number of fused-ring (bicyclic) bond motifs is 1. The summed E-state index contributed by atoms with van der Waals surface area (Å²) in [5.74, 6) is 0. The number of nitrogens with zero attached hydrogens (tertiary/aromatic N) is 2. The molecular formula is C15H19N3O. The molecule has 0 bridgehead atoms. The van der Waals surface area contributed by atoms with E-state index in [1.54, 1.807) is 6.20 Å². The molecule has 4 nitrogen and oxygen atoms in total. The lowest BCUT2D eigenvalue weighted by Crippen LogP contribution is -2.28. The predicted octanol–water partition coefficient (Wildman–Crippen LogP) is 2.43. The van der Waals surface area contributed by atoms with Crippen LogP contribution >= 0.6 is 0 Å². The summed E-state index contributed by atoms with van der Waals surface area (Å²) in [4.78, 5) is 6.45. The second-order valence-electron chi connectivity index (χ2n) is 5.11. The van der Waals surface area contributed by atoms with Gasteiger partial charge < -0.3 is 15.4 Å². The van der Waals surface area contributed by atoms with Crippen molar-refractivity contribution in [3.05, 3.63) is 30.6 Å². The van der Waals surface area contributed by atoms with E-state index in [4.69, 9.17) is 10.5 Å². The van der Waals surface area contributed by atoms with Gasteiger partial charge in [0.15, 0.2) is 0 Å². The third kappa shape index (κ3) is 2.36. The molecule has 4 heteroatoms. The first-order valence-corrected chi connectivity index (χ1v) is 6.70. The van der Waals surface area contributed by atoms with E-state index < -0.39 is 0 Å². The van der Waals surface area contributed by atoms with Gasteiger partial charge >= 0.3 is 0 Å². The van der Waals surface area contributed by atoms with Crippen LogP contribution in [0.15, 0.2) is 30.6 Å². The Kier molecular flexibility index (Phi) is 3.25. The number of hydrogen-bond donors (Lipinski definition) is 1. The highest BCUT2D eigenvalue weighted by molar-refractivity contribution is 6.00. The van der Waals surface area contributed by atoms with Crippen LogP contribution in [0.5, 0.6) is 0 Å². The Bertz CT molecular complexity index is 579. The lowest BCUT2D eigenvalue weighted by molar-refractivity contribution is 0.116. The summed E-state index contributed by atoms with van der Waals surface area (Å²) < 4.78 is 5.70. The third-order valence-corrected chi connectivity index (χ3v) is 3.74. The fourth-order valence-electron chi connectivity index (χ4n) is 2.72. The van der Waals surface area contributed by atoms with Crippen molar-refractivity contribution in [2.24, 2.45) is 0 Å². The molecule has 0 radical (unpaired) electrons. The van der Waals surface area contributed by atoms with E-state index >= 15 is 0 Å². The molecule has 2 N–H and O–H groups in total. The molecule has 2 heterocycles. The first-order chi connectivity index (χ1) is 9.25. The maximum atomic E-state index is 6.02. The second-order valence-corrected chi connectivity index (χ2v) is 5.11. The van der Waals surface area contributed by atoms with Crippen LogP contribution in [0.3, 0.4) is 0 Å². The molecule has 0 spiro atoms. The maximum absolute atomic E-state index is 6.02. The second kappa shape index (κ2) is 5.05. The van der Waals surface area contributed by atoms with E-state index in [1.165, 1.54) is 6.42 Å². The Morgan fingerprint density at radius 2 is 2.26 bits per heavy atom. The van der Waals surface area contributed by atoms with Crippen molar-refractivity contribution >= 4 is 22.1 Å². The molecule has 1 aliphatic rings. The van der Waals surface area contributed by atoms with E-state index in [2.05, 4.69) is 23.0 Å². The van der Waals surface area contributed by atoms with Crippen LogP contribution in [-0.4, -0.2) is 31.3 Å². The summed E-state index contributed by atoms with van der Waals surface area (Å²) >= 11 is 0. The highest BCUT2D eigenvalue weighted by Crippen LogP contribution is 2.30. The van der Waals surface area contributed by atoms with Crippen molar-refractivity contribution in [2.45, 2.75) is 18.9 Å². The summed E-state index contributed by atoms with van der Waals surface area (Å²) in [7, 11) is 2.10. The van der Waals surface area contributed by atoms with Gasteiger partial charge in [0.2, 0.25) is 0 Å². The highest BCUT2D eigenvalue weighted by Gasteiger charge is 2.18. The lowest BCUT2D eigenvalue weighted by Gasteiger charge is -2.24. The average Bonchev–Trinajstić information content (AvgIpc) is 2.92. The van der Waals surface area contributed by atoms with Gasteiger partial charge in [-0.3, -0.25) is 4.98 Å². The molecule has 2 aromatic rings. The molecule has 19 heavy (non-hydrogen) atoms. The van der Waals surface area contributed by atoms with Crippen LogP contribution in [0, 0.1) is 0 Å². The monoisotopic (exact) mass is 257 g/mol. The van der Waals surface area contributed by atoms with Gasteiger partial charge in [0, 0.05) is 54.7 Å². The number of aromatic nitrogens is 1. The molecule has 1 atom stereocenters. The number of ether oxygens (including phenoxy) is 1. The molecular weight excluding hydrogens is 238 g/mol. The van der Waals surface area contributed by atoms with Crippen molar-refractivity contribution in [1.29, 1.82) is 0 Å². The number of likely N-dealkylation sites (N-methyl/N-ethyl adjacent to an activating group) is 1. The Morgan fingerprint density at radius 3 is 3.05 bits per heavy atom. The van der Waals surface area contributed by atoms with Crippen LogP contribution in [-0.2, 0) is 4.74 Å². The standard InChI is InChI=1S/C15H19N3O/c1-18(10-11-3-2-8-19-11)15-5-4-14(16)12-6-7-17-9-13(12)15/h4-7,9,11H,2-3,8,10,16H2,1H3. The van der Waals surface area contributed by atoms with Gasteiger partial charge in [-0.2, -0.15) is 0 Å². The van der Waals surface area contributed by atoms with E-state index in [1.807, 2.05) is 18.3 Å². The van der Waals surface area contributed by atoms with Gasteiger partial charge in [-0.25, -0.2) is 0 Å². The molecule has 1 fully saturated rings. The zero-order chi connectivity index (χ0) is 13.2. The van der Waals surface area contributed by atoms with Crippen molar-refractivity contribution in [3.63, 3.8) is 0 Å². The van der Waals surface area contributed by atoms with Crippen molar-refractivity contribution in [3.8, 4) is 0 Å². The molecule has 1 aromatic heterocycles. The molecule has 1 unspecified atom stereocenters. The van der Waals surface area contributed by atoms with E-state index in [0.717, 1.165) is 41.7 Å². The number of anilines is 2. The van der Waals surface area contributed by atoms with Gasteiger partial charge in [-0.15, -0.1) is 0 Å². The average molecular weight is 257 g/mol. The number of rotatable bonds is 3. The normalized spacial score (nSPS) is 18.9. The Hall–Kier alpha value is -1.81. The van der Waals surface area contributed by atoms with Crippen molar-refractivity contribution in [1.82, 2.24) is 4.98 Å². The number of nitrogens with two attached hydrogens (primary N) is 1. The first kappa shape index (κ1) is 12.2. The summed E-state index contributed by atoms with van der Waals surface area (Å²) in [6, 6.07) is 5.99. The van der Waals surface area contributed by atoms with Gasteiger partial charge in [-0.1, -0.05) is 0 Å². The summed E-state index contributed by atoms with van der Waals surface area (Å²) in [6.07, 6.45) is 6.32. The third-order valence-electron chi connectivity index (χ3n) is 3.74. The first-order valence-electron chi connectivity index (χ1n) is 6.70. The molecule has 100 valence electrons. The minimum absolute atomic E-state index is 0.342. The van der Waals surface area contributed by atoms with Crippen LogP contribution in [0.25, 0.3) is 10.8 Å². The van der Waals surface area contributed by atoms with Crippen molar-refractivity contribution in [2.75, 3.05) is 30.8 Å². The maximum Gasteiger partial charge on any atom is 0.0750 e. The number of nitrogen functional groups attached to an aromatic ring is 1. The molecule has 3 rings (SSSR count). The molecule has 1 saturated heterocycles. The predicted molar refractivity (Wildman–Crippen MR) is 78.4 cm³/mol. The van der Waals surface area contributed by atoms with E-state index in [-0.39, 0.29) is 0 Å². The van der Waals surface area contributed by atoms with Gasteiger partial charge in [0.25, 0.3) is 0 Å². The zero-order valence-electron chi connectivity index (χ0n) is 11.2. The largest absolute Gasteiger partial charge is 0.398 e. The SMILES string of the molecule is CN(CC1CCCO1)c1ccc(N)c2ccncc12. The lowest BCUT2D eigenvalue weighted by atomic mass is 10.1. The minimum Gasteiger partial charge on any atom is -0.398 e. The van der Waals surface area contributed by atoms with E-state index in [9.17, 15) is 0 Å². The van der Waals surface area contributed by atoms with Crippen molar-refractivity contribution < 1.29 is 4.74 Å². The molecule has 0 amide bonds. The fourth-order valence-corrected chi connectivity index (χ4v) is 2.72. The molecule has 0 saturated carbocycles. The number of hydrogen-bond acceptors (Lipinski definition) is 4. The van der Waals surface area contributed by atoms with Crippen LogP contribution in [0.4, 0.5) is 11.4 Å². The molecule has 1 aliphatic heterocycles. The molecule has 1 aromatic carbocycles. The number of pyridine rings is 1. The zero-order valence-corrected chi connectivity index (χ0v) is 11.2. The smallest absolute Gasteiger partial charge is 0.0750 e. The molecule has 0 aliphatic carbocycles. The Morgan fingerprint density at radius 1 is 1.37 bits per heavy atom. The summed E-state index contributed by atoms with van der Waals surface area (Å²) in [6.45, 7) is 1.80. The summed E-state index contributed by atoms with van der Waals surface area (Å²) in [5.41, 5.74) is 7.98. The van der Waals surface area contributed by atoms with Crippen LogP contribution < -0.4 is 10.6 Å². The van der Waals surface area contributed by atoms with Crippen LogP contribution in [0.1, 0.15) is 12.8 Å². The van der Waals surface area contributed by atoms with Crippen LogP contribution in [0.2, 0.25) is 0 Å².